The zero-order chi connectivity index (χ0) is 35.6. The van der Waals surface area contributed by atoms with E-state index in [0.717, 1.165) is 32.7 Å². The second kappa shape index (κ2) is 16.5. The monoisotopic (exact) mass is 704 g/mol. The van der Waals surface area contributed by atoms with Gasteiger partial charge in [0.2, 0.25) is 5.91 Å². The maximum atomic E-state index is 14.0. The van der Waals surface area contributed by atoms with Crippen molar-refractivity contribution in [2.75, 3.05) is 10.6 Å². The molecule has 9 heteroatoms. The number of nitriles is 1. The van der Waals surface area contributed by atoms with E-state index in [1.807, 2.05) is 109 Å². The molecule has 1 atom stereocenters. The number of benzene rings is 5. The SMILES string of the molecule is Cc1ccccc1/C=C(\NC(=O)c1ccccc1)C(=O)Nc1cccc(SC(C(=O)Nc2scc(-c3ccccc3)c2C#N)c2ccccc2)c1. The van der Waals surface area contributed by atoms with Gasteiger partial charge in [-0.1, -0.05) is 109 Å². The van der Waals surface area contributed by atoms with Crippen LogP contribution in [0, 0.1) is 18.3 Å². The van der Waals surface area contributed by atoms with Gasteiger partial charge in [-0.3, -0.25) is 14.4 Å². The van der Waals surface area contributed by atoms with E-state index in [1.165, 1.54) is 23.1 Å². The molecule has 0 bridgehead atoms. The number of thiophene rings is 1. The van der Waals surface area contributed by atoms with Crippen molar-refractivity contribution in [3.05, 3.63) is 178 Å². The van der Waals surface area contributed by atoms with Crippen molar-refractivity contribution in [3.8, 4) is 17.2 Å². The fourth-order valence-electron chi connectivity index (χ4n) is 5.30. The van der Waals surface area contributed by atoms with Gasteiger partial charge in [0, 0.05) is 27.1 Å². The van der Waals surface area contributed by atoms with E-state index in [0.29, 0.717) is 21.8 Å². The molecule has 51 heavy (non-hydrogen) atoms. The zero-order valence-electron chi connectivity index (χ0n) is 27.5. The topological polar surface area (TPSA) is 111 Å². The molecule has 3 N–H and O–H groups in total. The van der Waals surface area contributed by atoms with Crippen LogP contribution in [0.3, 0.4) is 0 Å². The lowest BCUT2D eigenvalue weighted by molar-refractivity contribution is -0.116. The van der Waals surface area contributed by atoms with Crippen molar-refractivity contribution in [1.82, 2.24) is 5.32 Å². The molecule has 1 unspecified atom stereocenters. The predicted octanol–water partition coefficient (Wildman–Crippen LogP) is 9.48. The average molecular weight is 705 g/mol. The van der Waals surface area contributed by atoms with Crippen LogP contribution in [-0.4, -0.2) is 17.7 Å². The van der Waals surface area contributed by atoms with Crippen LogP contribution < -0.4 is 16.0 Å². The molecule has 0 saturated heterocycles. The van der Waals surface area contributed by atoms with E-state index in [-0.39, 0.29) is 11.6 Å². The van der Waals surface area contributed by atoms with Gasteiger partial charge in [-0.15, -0.1) is 23.1 Å². The first kappa shape index (κ1) is 34.6. The Morgan fingerprint density at radius 1 is 0.784 bits per heavy atom. The first-order valence-electron chi connectivity index (χ1n) is 16.0. The van der Waals surface area contributed by atoms with Crippen LogP contribution in [0.25, 0.3) is 17.2 Å². The number of anilines is 2. The smallest absolute Gasteiger partial charge is 0.272 e. The maximum absolute atomic E-state index is 14.0. The van der Waals surface area contributed by atoms with Crippen LogP contribution in [-0.2, 0) is 9.59 Å². The molecule has 0 radical (unpaired) electrons. The lowest BCUT2D eigenvalue weighted by atomic mass is 10.1. The van der Waals surface area contributed by atoms with Crippen molar-refractivity contribution >= 4 is 57.6 Å². The summed E-state index contributed by atoms with van der Waals surface area (Å²) in [5.74, 6) is -1.20. The number of hydrogen-bond acceptors (Lipinski definition) is 6. The molecule has 1 heterocycles. The molecule has 0 fully saturated rings. The number of amides is 3. The van der Waals surface area contributed by atoms with Crippen molar-refractivity contribution in [2.24, 2.45) is 0 Å². The fraction of sp³-hybridized carbons (Fsp3) is 0.0476. The molecular weight excluding hydrogens is 673 g/mol. The fourth-order valence-corrected chi connectivity index (χ4v) is 7.30. The van der Waals surface area contributed by atoms with Gasteiger partial charge in [-0.05, 0) is 65.6 Å². The van der Waals surface area contributed by atoms with Gasteiger partial charge in [-0.2, -0.15) is 5.26 Å². The lowest BCUT2D eigenvalue weighted by Gasteiger charge is -2.18. The van der Waals surface area contributed by atoms with E-state index in [2.05, 4.69) is 22.0 Å². The summed E-state index contributed by atoms with van der Waals surface area (Å²) in [6, 6.07) is 44.8. The van der Waals surface area contributed by atoms with Crippen molar-refractivity contribution in [2.45, 2.75) is 17.1 Å². The van der Waals surface area contributed by atoms with Gasteiger partial charge in [0.1, 0.15) is 22.0 Å². The molecule has 5 aromatic carbocycles. The largest absolute Gasteiger partial charge is 0.321 e. The van der Waals surface area contributed by atoms with Gasteiger partial charge in [-0.25, -0.2) is 0 Å². The summed E-state index contributed by atoms with van der Waals surface area (Å²) in [4.78, 5) is 41.5. The van der Waals surface area contributed by atoms with Crippen molar-refractivity contribution in [3.63, 3.8) is 0 Å². The third-order valence-electron chi connectivity index (χ3n) is 7.93. The molecule has 7 nitrogen and oxygen atoms in total. The third-order valence-corrected chi connectivity index (χ3v) is 10.1. The van der Waals surface area contributed by atoms with Crippen LogP contribution >= 0.6 is 23.1 Å². The summed E-state index contributed by atoms with van der Waals surface area (Å²) in [7, 11) is 0. The zero-order valence-corrected chi connectivity index (χ0v) is 29.1. The minimum Gasteiger partial charge on any atom is -0.321 e. The van der Waals surface area contributed by atoms with Crippen LogP contribution in [0.4, 0.5) is 10.7 Å². The molecule has 0 saturated carbocycles. The normalized spacial score (nSPS) is 11.6. The minimum absolute atomic E-state index is 0.0804. The molecular formula is C42H32N4O3S2. The predicted molar refractivity (Wildman–Crippen MR) is 206 cm³/mol. The van der Waals surface area contributed by atoms with Crippen LogP contribution in [0.15, 0.2) is 155 Å². The number of thioether (sulfide) groups is 1. The molecule has 6 aromatic rings. The Morgan fingerprint density at radius 3 is 2.16 bits per heavy atom. The number of nitrogens with zero attached hydrogens (tertiary/aromatic N) is 1. The maximum Gasteiger partial charge on any atom is 0.272 e. The number of carbonyl (C=O) groups excluding carboxylic acids is 3. The highest BCUT2D eigenvalue weighted by molar-refractivity contribution is 8.00. The van der Waals surface area contributed by atoms with Gasteiger partial charge < -0.3 is 16.0 Å². The Morgan fingerprint density at radius 2 is 1.45 bits per heavy atom. The van der Waals surface area contributed by atoms with Crippen LogP contribution in [0.5, 0.6) is 0 Å². The molecule has 6 rings (SSSR count). The van der Waals surface area contributed by atoms with Gasteiger partial charge >= 0.3 is 0 Å². The first-order chi connectivity index (χ1) is 24.9. The van der Waals surface area contributed by atoms with E-state index in [1.54, 1.807) is 48.5 Å². The van der Waals surface area contributed by atoms with Gasteiger partial charge in [0.05, 0.1) is 5.56 Å². The number of aryl methyl sites for hydroxylation is 1. The number of rotatable bonds is 11. The van der Waals surface area contributed by atoms with Crippen molar-refractivity contribution in [1.29, 1.82) is 5.26 Å². The summed E-state index contributed by atoms with van der Waals surface area (Å²) in [6.45, 7) is 1.93. The summed E-state index contributed by atoms with van der Waals surface area (Å²) < 4.78 is 0. The summed E-state index contributed by atoms with van der Waals surface area (Å²) in [5, 5.41) is 20.4. The molecule has 250 valence electrons. The Balaban J connectivity index is 1.24. The Bertz CT molecular complexity index is 2250. The molecule has 0 aliphatic carbocycles. The van der Waals surface area contributed by atoms with Crippen molar-refractivity contribution < 1.29 is 14.4 Å². The molecule has 0 aliphatic heterocycles. The second-order valence-electron chi connectivity index (χ2n) is 11.4. The third kappa shape index (κ3) is 8.69. The number of hydrogen-bond donors (Lipinski definition) is 3. The Hall–Kier alpha value is -6.21. The van der Waals surface area contributed by atoms with E-state index in [4.69, 9.17) is 0 Å². The quantitative estimate of drug-likeness (QED) is 0.0919. The van der Waals surface area contributed by atoms with Crippen LogP contribution in [0.1, 0.15) is 37.9 Å². The highest BCUT2D eigenvalue weighted by atomic mass is 32.2. The highest BCUT2D eigenvalue weighted by Crippen LogP contribution is 2.40. The second-order valence-corrected chi connectivity index (χ2v) is 13.5. The molecule has 3 amide bonds. The van der Waals surface area contributed by atoms with Gasteiger partial charge in [0.15, 0.2) is 0 Å². The van der Waals surface area contributed by atoms with Crippen LogP contribution in [0.2, 0.25) is 0 Å². The van der Waals surface area contributed by atoms with E-state index in [9.17, 15) is 19.6 Å². The Labute approximate surface area is 304 Å². The lowest BCUT2D eigenvalue weighted by Crippen LogP contribution is -2.30. The first-order valence-corrected chi connectivity index (χ1v) is 17.8. The molecule has 0 aliphatic rings. The van der Waals surface area contributed by atoms with Gasteiger partial charge in [0.25, 0.3) is 11.8 Å². The number of nitrogens with one attached hydrogen (secondary N) is 3. The van der Waals surface area contributed by atoms with E-state index < -0.39 is 17.1 Å². The summed E-state index contributed by atoms with van der Waals surface area (Å²) in [6.07, 6.45) is 1.66. The highest BCUT2D eigenvalue weighted by Gasteiger charge is 2.25. The Kier molecular flexibility index (Phi) is 11.2. The summed E-state index contributed by atoms with van der Waals surface area (Å²) in [5.41, 5.74) is 5.58. The molecule has 0 spiro atoms. The minimum atomic E-state index is -0.673. The average Bonchev–Trinajstić information content (AvgIpc) is 3.57. The summed E-state index contributed by atoms with van der Waals surface area (Å²) >= 11 is 2.63. The number of carbonyl (C=O) groups is 3. The molecule has 1 aromatic heterocycles. The standard InChI is InChI=1S/C42H32N4O3S2/c1-28-14-11-12-21-32(28)24-37(45-39(47)31-19-9-4-10-20-31)40(48)44-33-22-13-23-34(25-33)51-38(30-17-7-3-8-18-30)41(49)46-42-35(26-43)36(27-50-42)29-15-5-2-6-16-29/h2-25,27,38H,1H3,(H,44,48)(H,45,47)(H,46,49)/b37-24-. The van der Waals surface area contributed by atoms with E-state index >= 15 is 0 Å².